The van der Waals surface area contributed by atoms with Crippen LogP contribution in [0.3, 0.4) is 0 Å². The predicted octanol–water partition coefficient (Wildman–Crippen LogP) is 3.07. The Morgan fingerprint density at radius 3 is 2.70 bits per heavy atom. The fraction of sp³-hybridized carbons (Fsp3) is 0.318. The first-order valence-corrected chi connectivity index (χ1v) is 9.74. The fourth-order valence-electron chi connectivity index (χ4n) is 2.87. The van der Waals surface area contributed by atoms with E-state index in [1.54, 1.807) is 20.4 Å². The van der Waals surface area contributed by atoms with Crippen molar-refractivity contribution in [2.45, 2.75) is 26.4 Å². The molecule has 158 valence electrons. The minimum atomic E-state index is -0.165. The van der Waals surface area contributed by atoms with Gasteiger partial charge in [-0.1, -0.05) is 30.3 Å². The van der Waals surface area contributed by atoms with Gasteiger partial charge in [0.15, 0.2) is 11.5 Å². The monoisotopic (exact) mass is 410 g/mol. The first kappa shape index (κ1) is 21.2. The van der Waals surface area contributed by atoms with E-state index in [1.807, 2.05) is 42.5 Å². The minimum Gasteiger partial charge on any atom is -0.494 e. The molecular weight excluding hydrogens is 384 g/mol. The highest BCUT2D eigenvalue weighted by molar-refractivity contribution is 5.75. The normalized spacial score (nSPS) is 10.5. The predicted molar refractivity (Wildman–Crippen MR) is 113 cm³/mol. The van der Waals surface area contributed by atoms with Gasteiger partial charge >= 0.3 is 0 Å². The van der Waals surface area contributed by atoms with Crippen molar-refractivity contribution >= 4 is 5.91 Å². The van der Waals surface area contributed by atoms with Gasteiger partial charge in [-0.25, -0.2) is 4.68 Å². The zero-order chi connectivity index (χ0) is 21.3. The Morgan fingerprint density at radius 2 is 1.93 bits per heavy atom. The Labute approximate surface area is 175 Å². The maximum absolute atomic E-state index is 12.3. The largest absolute Gasteiger partial charge is 0.494 e. The molecule has 3 rings (SSSR count). The zero-order valence-electron chi connectivity index (χ0n) is 17.4. The molecule has 0 bridgehead atoms. The maximum atomic E-state index is 12.3. The van der Waals surface area contributed by atoms with Gasteiger partial charge in [0.05, 0.1) is 27.0 Å². The van der Waals surface area contributed by atoms with Crippen LogP contribution in [0.2, 0.25) is 0 Å². The van der Waals surface area contributed by atoms with Crippen molar-refractivity contribution < 1.29 is 19.0 Å². The smallest absolute Gasteiger partial charge is 0.242 e. The van der Waals surface area contributed by atoms with Crippen molar-refractivity contribution in [3.63, 3.8) is 0 Å². The lowest BCUT2D eigenvalue weighted by atomic mass is 10.1. The number of methoxy groups -OCH3 is 2. The summed E-state index contributed by atoms with van der Waals surface area (Å²) in [6.07, 6.45) is 2.69. The number of carbonyl (C=O) groups is 1. The molecule has 8 heteroatoms. The van der Waals surface area contributed by atoms with Crippen LogP contribution in [-0.2, 0) is 17.9 Å². The molecule has 30 heavy (non-hydrogen) atoms. The number of benzene rings is 2. The molecule has 0 saturated carbocycles. The number of nitrogens with one attached hydrogen (secondary N) is 1. The van der Waals surface area contributed by atoms with Crippen molar-refractivity contribution in [1.82, 2.24) is 20.3 Å². The van der Waals surface area contributed by atoms with Crippen LogP contribution < -0.4 is 19.5 Å². The van der Waals surface area contributed by atoms with Crippen LogP contribution in [0.15, 0.2) is 48.7 Å². The molecule has 1 amide bonds. The minimum absolute atomic E-state index is 0.0757. The molecule has 0 aliphatic carbocycles. The molecule has 0 fully saturated rings. The number of aromatic nitrogens is 3. The van der Waals surface area contributed by atoms with Crippen LogP contribution in [0.5, 0.6) is 17.2 Å². The standard InChI is InChI=1S/C22H26N4O4/c1-4-10-30-18-7-5-6-17(12-18)19-14-26(25-24-19)15-22(27)23-13-16-8-9-20(28-2)21(11-16)29-3/h5-9,11-12,14H,4,10,13,15H2,1-3H3,(H,23,27). The second-order valence-electron chi connectivity index (χ2n) is 6.64. The third kappa shape index (κ3) is 5.50. The number of hydrogen-bond acceptors (Lipinski definition) is 6. The molecule has 1 aromatic heterocycles. The van der Waals surface area contributed by atoms with Crippen LogP contribution in [0.4, 0.5) is 0 Å². The highest BCUT2D eigenvalue weighted by atomic mass is 16.5. The van der Waals surface area contributed by atoms with Gasteiger partial charge in [0.2, 0.25) is 5.91 Å². The van der Waals surface area contributed by atoms with Crippen LogP contribution in [-0.4, -0.2) is 41.7 Å². The second kappa shape index (κ2) is 10.3. The Balaban J connectivity index is 1.57. The van der Waals surface area contributed by atoms with Gasteiger partial charge in [0.25, 0.3) is 0 Å². The van der Waals surface area contributed by atoms with E-state index in [0.29, 0.717) is 30.3 Å². The van der Waals surface area contributed by atoms with E-state index in [1.165, 1.54) is 4.68 Å². The first-order chi connectivity index (χ1) is 14.6. The van der Waals surface area contributed by atoms with Crippen molar-refractivity contribution in [2.75, 3.05) is 20.8 Å². The summed E-state index contributed by atoms with van der Waals surface area (Å²) >= 11 is 0. The fourth-order valence-corrected chi connectivity index (χ4v) is 2.87. The summed E-state index contributed by atoms with van der Waals surface area (Å²) in [5.74, 6) is 1.89. The van der Waals surface area contributed by atoms with E-state index in [0.717, 1.165) is 23.3 Å². The molecule has 0 saturated heterocycles. The average molecular weight is 410 g/mol. The number of rotatable bonds is 10. The van der Waals surface area contributed by atoms with E-state index < -0.39 is 0 Å². The summed E-state index contributed by atoms with van der Waals surface area (Å²) < 4.78 is 17.7. The zero-order valence-corrected chi connectivity index (χ0v) is 17.4. The summed E-state index contributed by atoms with van der Waals surface area (Å²) in [5.41, 5.74) is 2.48. The Hall–Kier alpha value is -3.55. The van der Waals surface area contributed by atoms with Gasteiger partial charge in [0, 0.05) is 12.1 Å². The maximum Gasteiger partial charge on any atom is 0.242 e. The first-order valence-electron chi connectivity index (χ1n) is 9.74. The third-order valence-electron chi connectivity index (χ3n) is 4.38. The lowest BCUT2D eigenvalue weighted by molar-refractivity contribution is -0.122. The topological polar surface area (TPSA) is 87.5 Å². The molecular formula is C22H26N4O4. The second-order valence-corrected chi connectivity index (χ2v) is 6.64. The summed E-state index contributed by atoms with van der Waals surface area (Å²) in [4.78, 5) is 12.3. The van der Waals surface area contributed by atoms with Crippen LogP contribution in [0, 0.1) is 0 Å². The van der Waals surface area contributed by atoms with Crippen LogP contribution in [0.1, 0.15) is 18.9 Å². The van der Waals surface area contributed by atoms with Gasteiger partial charge < -0.3 is 19.5 Å². The summed E-state index contributed by atoms with van der Waals surface area (Å²) in [6, 6.07) is 13.2. The molecule has 8 nitrogen and oxygen atoms in total. The van der Waals surface area contributed by atoms with Gasteiger partial charge in [-0.2, -0.15) is 0 Å². The SMILES string of the molecule is CCCOc1cccc(-c2cn(CC(=O)NCc3ccc(OC)c(OC)c3)nn2)c1. The Kier molecular flexibility index (Phi) is 7.26. The van der Waals surface area contributed by atoms with E-state index in [4.69, 9.17) is 14.2 Å². The average Bonchev–Trinajstić information content (AvgIpc) is 3.24. The van der Waals surface area contributed by atoms with Crippen molar-refractivity contribution in [3.05, 3.63) is 54.2 Å². The van der Waals surface area contributed by atoms with Crippen LogP contribution in [0.25, 0.3) is 11.3 Å². The van der Waals surface area contributed by atoms with E-state index >= 15 is 0 Å². The van der Waals surface area contributed by atoms with E-state index in [-0.39, 0.29) is 12.5 Å². The molecule has 0 spiro atoms. The lowest BCUT2D eigenvalue weighted by Crippen LogP contribution is -2.27. The summed E-state index contributed by atoms with van der Waals surface area (Å²) in [5, 5.41) is 11.1. The Bertz CT molecular complexity index is 987. The van der Waals surface area contributed by atoms with E-state index in [2.05, 4.69) is 22.6 Å². The summed E-state index contributed by atoms with van der Waals surface area (Å²) in [6.45, 7) is 3.17. The highest BCUT2D eigenvalue weighted by Crippen LogP contribution is 2.27. The van der Waals surface area contributed by atoms with E-state index in [9.17, 15) is 4.79 Å². The summed E-state index contributed by atoms with van der Waals surface area (Å²) in [7, 11) is 3.16. The highest BCUT2D eigenvalue weighted by Gasteiger charge is 2.10. The van der Waals surface area contributed by atoms with Crippen molar-refractivity contribution in [3.8, 4) is 28.5 Å². The quantitative estimate of drug-likeness (QED) is 0.553. The van der Waals surface area contributed by atoms with Gasteiger partial charge in [0.1, 0.15) is 18.0 Å². The molecule has 0 atom stereocenters. The van der Waals surface area contributed by atoms with Gasteiger partial charge in [-0.3, -0.25) is 4.79 Å². The molecule has 0 unspecified atom stereocenters. The molecule has 2 aromatic carbocycles. The van der Waals surface area contributed by atoms with Crippen LogP contribution >= 0.6 is 0 Å². The molecule has 0 aliphatic heterocycles. The van der Waals surface area contributed by atoms with Gasteiger partial charge in [-0.15, -0.1) is 5.10 Å². The van der Waals surface area contributed by atoms with Gasteiger partial charge in [-0.05, 0) is 36.2 Å². The number of nitrogens with zero attached hydrogens (tertiary/aromatic N) is 3. The molecule has 0 aliphatic rings. The molecule has 1 N–H and O–H groups in total. The third-order valence-corrected chi connectivity index (χ3v) is 4.38. The number of ether oxygens (including phenoxy) is 3. The van der Waals surface area contributed by atoms with Crippen molar-refractivity contribution in [2.24, 2.45) is 0 Å². The molecule has 1 heterocycles. The molecule has 0 radical (unpaired) electrons. The molecule has 3 aromatic rings. The lowest BCUT2D eigenvalue weighted by Gasteiger charge is -2.10. The Morgan fingerprint density at radius 1 is 1.10 bits per heavy atom. The number of carbonyl (C=O) groups excluding carboxylic acids is 1. The number of amides is 1. The number of hydrogen-bond donors (Lipinski definition) is 1. The van der Waals surface area contributed by atoms with Crippen molar-refractivity contribution in [1.29, 1.82) is 0 Å².